The number of alkyl halides is 17. The van der Waals surface area contributed by atoms with E-state index in [1.807, 2.05) is 0 Å². The smallest absolute Gasteiger partial charge is 0.743 e. The van der Waals surface area contributed by atoms with Crippen LogP contribution in [0.3, 0.4) is 0 Å². The third-order valence-corrected chi connectivity index (χ3v) is 3.96. The van der Waals surface area contributed by atoms with Gasteiger partial charge in [-0.25, -0.2) is 12.8 Å². The van der Waals surface area contributed by atoms with Crippen molar-refractivity contribution >= 4 is 10.1 Å². The number of hydrogen-bond donors (Lipinski definition) is 0. The molecule has 0 aromatic rings. The van der Waals surface area contributed by atoms with Crippen molar-refractivity contribution in [1.82, 2.24) is 0 Å². The molecule has 3 nitrogen and oxygen atoms in total. The Hall–Kier alpha value is 0.356. The number of hydrogen-bond acceptors (Lipinski definition) is 3. The van der Waals surface area contributed by atoms with Gasteiger partial charge in [-0.05, 0) is 0 Å². The Bertz CT molecular complexity index is 721. The normalized spacial score (nSPS) is 16.3. The van der Waals surface area contributed by atoms with Crippen LogP contribution in [0.1, 0.15) is 0 Å². The molecule has 0 aromatic heterocycles. The molecule has 22 heteroatoms. The topological polar surface area (TPSA) is 57.2 Å². The second-order valence-electron chi connectivity index (χ2n) is 4.92. The Morgan fingerprint density at radius 3 is 0.900 bits per heavy atom. The minimum Gasteiger partial charge on any atom is -0.743 e. The second kappa shape index (κ2) is 7.99. The Labute approximate surface area is 195 Å². The van der Waals surface area contributed by atoms with Gasteiger partial charge in [-0.15, -0.1) is 0 Å². The van der Waals surface area contributed by atoms with Crippen LogP contribution in [0.15, 0.2) is 0 Å². The van der Waals surface area contributed by atoms with Gasteiger partial charge in [0.25, 0.3) is 0 Å². The predicted molar refractivity (Wildman–Crippen MR) is 50.4 cm³/mol. The molecule has 0 rings (SSSR count). The number of halogens is 17. The first kappa shape index (κ1) is 32.5. The summed E-state index contributed by atoms with van der Waals surface area (Å²) in [4.78, 5) is 0. The van der Waals surface area contributed by atoms with Gasteiger partial charge >= 0.3 is 98.4 Å². The van der Waals surface area contributed by atoms with E-state index in [1.165, 1.54) is 0 Å². The van der Waals surface area contributed by atoms with Crippen LogP contribution in [-0.4, -0.2) is 59.9 Å². The summed E-state index contributed by atoms with van der Waals surface area (Å²) in [6, 6.07) is 0. The van der Waals surface area contributed by atoms with Crippen molar-refractivity contribution in [1.29, 1.82) is 0 Å². The quantitative estimate of drug-likeness (QED) is 0.293. The van der Waals surface area contributed by atoms with Gasteiger partial charge in [0.05, 0.1) is 0 Å². The van der Waals surface area contributed by atoms with E-state index in [1.54, 1.807) is 0 Å². The van der Waals surface area contributed by atoms with E-state index in [9.17, 15) is 87.6 Å². The zero-order valence-corrected chi connectivity index (χ0v) is 17.0. The van der Waals surface area contributed by atoms with Gasteiger partial charge in [-0.2, -0.15) is 70.2 Å². The molecular weight excluding hydrogens is 538 g/mol. The molecule has 0 N–H and O–H groups in total. The SMILES string of the molecule is O=S(=O)([O-])C(F)(F)C(F)(F)C(F)(F)C(F)(F)C(F)(F)C(F)(C(F)(F)F)C(F)(F)F.[K+]. The van der Waals surface area contributed by atoms with Gasteiger partial charge in [0.15, 0.2) is 10.1 Å². The zero-order chi connectivity index (χ0) is 24.5. The van der Waals surface area contributed by atoms with Gasteiger partial charge < -0.3 is 4.55 Å². The molecule has 0 saturated carbocycles. The van der Waals surface area contributed by atoms with E-state index in [-0.39, 0.29) is 51.4 Å². The van der Waals surface area contributed by atoms with E-state index in [4.69, 9.17) is 0 Å². The van der Waals surface area contributed by atoms with Crippen LogP contribution < -0.4 is 51.4 Å². The van der Waals surface area contributed by atoms with Crippen LogP contribution in [0.4, 0.5) is 74.6 Å². The van der Waals surface area contributed by atoms with Crippen molar-refractivity contribution in [3.8, 4) is 0 Å². The van der Waals surface area contributed by atoms with Crippen molar-refractivity contribution in [2.24, 2.45) is 0 Å². The van der Waals surface area contributed by atoms with Crippen molar-refractivity contribution in [2.45, 2.75) is 47.0 Å². The Kier molecular flexibility index (Phi) is 8.66. The van der Waals surface area contributed by atoms with Crippen LogP contribution >= 0.6 is 0 Å². The minimum absolute atomic E-state index is 0. The van der Waals surface area contributed by atoms with Gasteiger partial charge in [-0.3, -0.25) is 0 Å². The van der Waals surface area contributed by atoms with E-state index >= 15 is 0 Å². The average molecular weight is 538 g/mol. The fraction of sp³-hybridized carbons (Fsp3) is 1.00. The van der Waals surface area contributed by atoms with Gasteiger partial charge in [0.1, 0.15) is 0 Å². The first-order valence-corrected chi connectivity index (χ1v) is 7.08. The molecule has 0 amide bonds. The molecule has 0 bridgehead atoms. The monoisotopic (exact) mass is 538 g/mol. The first-order chi connectivity index (χ1) is 12.0. The molecule has 0 unspecified atom stereocenters. The molecule has 0 aliphatic heterocycles. The molecular formula is C8F17KO3S. The van der Waals surface area contributed by atoms with Crippen molar-refractivity contribution in [3.05, 3.63) is 0 Å². The van der Waals surface area contributed by atoms with Crippen LogP contribution in [-0.2, 0) is 10.1 Å². The first-order valence-electron chi connectivity index (χ1n) is 5.67. The molecule has 176 valence electrons. The minimum atomic E-state index is -9.02. The molecule has 0 saturated heterocycles. The summed E-state index contributed by atoms with van der Waals surface area (Å²) in [5.41, 5.74) is -8.73. The van der Waals surface area contributed by atoms with Gasteiger partial charge in [-0.1, -0.05) is 0 Å². The summed E-state index contributed by atoms with van der Waals surface area (Å²) in [7, 11) is -8.17. The molecule has 0 aliphatic rings. The Morgan fingerprint density at radius 1 is 0.467 bits per heavy atom. The van der Waals surface area contributed by atoms with E-state index in [2.05, 4.69) is 0 Å². The summed E-state index contributed by atoms with van der Waals surface area (Å²) in [5.74, 6) is -35.5. The third kappa shape index (κ3) is 4.05. The van der Waals surface area contributed by atoms with E-state index in [0.29, 0.717) is 0 Å². The van der Waals surface area contributed by atoms with E-state index < -0.39 is 57.1 Å². The standard InChI is InChI=1S/C8HF17O3S.K/c9-1(6(18,19)20,7(21,22)23)2(10,11)3(12,13)4(14,15)5(16,17)8(24,25)29(26,27)28;/h(H,26,27,28);/q;+1/p-1. The molecule has 0 aromatic carbocycles. The fourth-order valence-corrected chi connectivity index (χ4v) is 1.91. The summed E-state index contributed by atoms with van der Waals surface area (Å²) >= 11 is 0. The maximum absolute atomic E-state index is 13.1. The predicted octanol–water partition coefficient (Wildman–Crippen LogP) is 1.50. The second-order valence-corrected chi connectivity index (χ2v) is 6.34. The van der Waals surface area contributed by atoms with E-state index in [0.717, 1.165) is 0 Å². The van der Waals surface area contributed by atoms with Crippen LogP contribution in [0.25, 0.3) is 0 Å². The third-order valence-electron chi connectivity index (χ3n) is 3.08. The average Bonchev–Trinajstić information content (AvgIpc) is 2.41. The Balaban J connectivity index is 0. The maximum Gasteiger partial charge on any atom is 1.00 e. The molecule has 0 atom stereocenters. The van der Waals surface area contributed by atoms with Crippen LogP contribution in [0.5, 0.6) is 0 Å². The molecule has 0 aliphatic carbocycles. The summed E-state index contributed by atoms with van der Waals surface area (Å²) in [5, 5.41) is -7.99. The van der Waals surface area contributed by atoms with Gasteiger partial charge in [0.2, 0.25) is 0 Å². The fourth-order valence-electron chi connectivity index (χ4n) is 1.47. The molecule has 0 heterocycles. The summed E-state index contributed by atoms with van der Waals surface area (Å²) in [6.45, 7) is 0. The molecule has 0 spiro atoms. The van der Waals surface area contributed by atoms with Crippen molar-refractivity contribution in [3.63, 3.8) is 0 Å². The Morgan fingerprint density at radius 2 is 0.700 bits per heavy atom. The maximum atomic E-state index is 13.1. The largest absolute Gasteiger partial charge is 1.00 e. The summed E-state index contributed by atoms with van der Waals surface area (Å²) < 4.78 is 245. The molecule has 0 radical (unpaired) electrons. The van der Waals surface area contributed by atoms with Crippen molar-refractivity contribution in [2.75, 3.05) is 0 Å². The summed E-state index contributed by atoms with van der Waals surface area (Å²) in [6.07, 6.45) is -16.6. The van der Waals surface area contributed by atoms with Crippen LogP contribution in [0, 0.1) is 0 Å². The van der Waals surface area contributed by atoms with Crippen molar-refractivity contribution < 1.29 is 139 Å². The number of rotatable bonds is 6. The molecule has 0 fully saturated rings. The zero-order valence-electron chi connectivity index (χ0n) is 13.1. The molecule has 30 heavy (non-hydrogen) atoms. The van der Waals surface area contributed by atoms with Gasteiger partial charge in [0, 0.05) is 0 Å². The van der Waals surface area contributed by atoms with Crippen LogP contribution in [0.2, 0.25) is 0 Å².